The van der Waals surface area contributed by atoms with E-state index in [2.05, 4.69) is 21.2 Å². The zero-order valence-corrected chi connectivity index (χ0v) is 11.4. The van der Waals surface area contributed by atoms with E-state index in [1.54, 1.807) is 0 Å². The summed E-state index contributed by atoms with van der Waals surface area (Å²) in [4.78, 5) is 10.4. The average molecular weight is 302 g/mol. The third kappa shape index (κ3) is 4.36. The largest absolute Gasteiger partial charge is 0.481 e. The van der Waals surface area contributed by atoms with Crippen LogP contribution in [0.3, 0.4) is 0 Å². The van der Waals surface area contributed by atoms with Gasteiger partial charge in [-0.2, -0.15) is 0 Å². The molecule has 0 saturated carbocycles. The SMILES string of the molecule is Cc1cc(Br)cc(C)c1NCC(O)CC(=O)O. The molecule has 5 heteroatoms. The molecule has 0 radical (unpaired) electrons. The molecule has 0 heterocycles. The Bertz CT molecular complexity index is 397. The predicted molar refractivity (Wildman–Crippen MR) is 70.4 cm³/mol. The van der Waals surface area contributed by atoms with Crippen molar-refractivity contribution in [3.05, 3.63) is 27.7 Å². The van der Waals surface area contributed by atoms with Gasteiger partial charge >= 0.3 is 5.97 Å². The van der Waals surface area contributed by atoms with Crippen molar-refractivity contribution >= 4 is 27.6 Å². The molecule has 0 saturated heterocycles. The van der Waals surface area contributed by atoms with E-state index in [1.165, 1.54) is 0 Å². The van der Waals surface area contributed by atoms with Gasteiger partial charge in [0.25, 0.3) is 0 Å². The summed E-state index contributed by atoms with van der Waals surface area (Å²) in [6.45, 7) is 4.16. The van der Waals surface area contributed by atoms with Gasteiger partial charge in [0.1, 0.15) is 0 Å². The zero-order chi connectivity index (χ0) is 13.0. The van der Waals surface area contributed by atoms with Gasteiger partial charge in [-0.15, -0.1) is 0 Å². The maximum absolute atomic E-state index is 10.4. The summed E-state index contributed by atoms with van der Waals surface area (Å²) in [5, 5.41) is 21.1. The van der Waals surface area contributed by atoms with Gasteiger partial charge in [-0.3, -0.25) is 4.79 Å². The summed E-state index contributed by atoms with van der Waals surface area (Å²) < 4.78 is 1.00. The van der Waals surface area contributed by atoms with Gasteiger partial charge in [-0.1, -0.05) is 15.9 Å². The van der Waals surface area contributed by atoms with Crippen molar-refractivity contribution in [2.24, 2.45) is 0 Å². The fraction of sp³-hybridized carbons (Fsp3) is 0.417. The van der Waals surface area contributed by atoms with Crippen molar-refractivity contribution in [2.45, 2.75) is 26.4 Å². The van der Waals surface area contributed by atoms with Crippen LogP contribution in [0.2, 0.25) is 0 Å². The number of aryl methyl sites for hydroxylation is 2. The molecule has 3 N–H and O–H groups in total. The predicted octanol–water partition coefficient (Wildman–Crippen LogP) is 2.31. The van der Waals surface area contributed by atoms with Crippen LogP contribution in [-0.2, 0) is 4.79 Å². The maximum atomic E-state index is 10.4. The number of nitrogens with one attached hydrogen (secondary N) is 1. The third-order valence-electron chi connectivity index (χ3n) is 2.42. The second-order valence-corrected chi connectivity index (χ2v) is 4.96. The standard InChI is InChI=1S/C12H16BrNO3/c1-7-3-9(13)4-8(2)12(7)14-6-10(15)5-11(16)17/h3-4,10,14-15H,5-6H2,1-2H3,(H,16,17). The highest BCUT2D eigenvalue weighted by molar-refractivity contribution is 9.10. The monoisotopic (exact) mass is 301 g/mol. The van der Waals surface area contributed by atoms with Crippen LogP contribution in [0, 0.1) is 13.8 Å². The first kappa shape index (κ1) is 14.0. The molecule has 0 aliphatic carbocycles. The molecule has 1 rings (SSSR count). The molecule has 0 spiro atoms. The van der Waals surface area contributed by atoms with E-state index in [0.717, 1.165) is 21.3 Å². The van der Waals surface area contributed by atoms with Crippen LogP contribution in [-0.4, -0.2) is 28.8 Å². The summed E-state index contributed by atoms with van der Waals surface area (Å²) in [7, 11) is 0. The molecule has 1 aromatic carbocycles. The number of rotatable bonds is 5. The lowest BCUT2D eigenvalue weighted by molar-refractivity contribution is -0.138. The van der Waals surface area contributed by atoms with Crippen LogP contribution in [0.5, 0.6) is 0 Å². The van der Waals surface area contributed by atoms with E-state index in [1.807, 2.05) is 26.0 Å². The molecule has 4 nitrogen and oxygen atoms in total. The summed E-state index contributed by atoms with van der Waals surface area (Å²) in [5.41, 5.74) is 3.05. The number of aliphatic hydroxyl groups excluding tert-OH is 1. The Hall–Kier alpha value is -1.07. The minimum atomic E-state index is -0.997. The number of aliphatic carboxylic acids is 1. The van der Waals surface area contributed by atoms with E-state index in [-0.39, 0.29) is 13.0 Å². The summed E-state index contributed by atoms with van der Waals surface area (Å²) in [6.07, 6.45) is -1.13. The van der Waals surface area contributed by atoms with E-state index in [9.17, 15) is 9.90 Å². The number of carboxylic acids is 1. The Kier molecular flexibility index (Phi) is 4.96. The van der Waals surface area contributed by atoms with Crippen LogP contribution >= 0.6 is 15.9 Å². The molecule has 0 aliphatic heterocycles. The highest BCUT2D eigenvalue weighted by Crippen LogP contribution is 2.25. The normalized spacial score (nSPS) is 12.2. The van der Waals surface area contributed by atoms with Gasteiger partial charge < -0.3 is 15.5 Å². The van der Waals surface area contributed by atoms with Crippen LogP contribution in [0.25, 0.3) is 0 Å². The molecule has 94 valence electrons. The van der Waals surface area contributed by atoms with Gasteiger partial charge in [0.15, 0.2) is 0 Å². The van der Waals surface area contributed by atoms with E-state index in [0.29, 0.717) is 0 Å². The molecule has 0 amide bonds. The fourth-order valence-electron chi connectivity index (χ4n) is 1.68. The first-order valence-electron chi connectivity index (χ1n) is 5.30. The lowest BCUT2D eigenvalue weighted by Gasteiger charge is -2.15. The molecular formula is C12H16BrNO3. The molecule has 0 aromatic heterocycles. The smallest absolute Gasteiger partial charge is 0.306 e. The molecule has 0 aliphatic rings. The zero-order valence-electron chi connectivity index (χ0n) is 9.83. The van der Waals surface area contributed by atoms with Crippen molar-refractivity contribution in [3.63, 3.8) is 0 Å². The van der Waals surface area contributed by atoms with E-state index < -0.39 is 12.1 Å². The molecular weight excluding hydrogens is 286 g/mol. The highest BCUT2D eigenvalue weighted by atomic mass is 79.9. The summed E-state index contributed by atoms with van der Waals surface area (Å²) >= 11 is 3.40. The van der Waals surface area contributed by atoms with Crippen LogP contribution < -0.4 is 5.32 Å². The van der Waals surface area contributed by atoms with Crippen molar-refractivity contribution in [1.29, 1.82) is 0 Å². The van der Waals surface area contributed by atoms with Crippen molar-refractivity contribution in [2.75, 3.05) is 11.9 Å². The fourth-order valence-corrected chi connectivity index (χ4v) is 2.37. The molecule has 1 aromatic rings. The van der Waals surface area contributed by atoms with Crippen molar-refractivity contribution in [3.8, 4) is 0 Å². The number of benzene rings is 1. The average Bonchev–Trinajstić information content (AvgIpc) is 2.14. The lowest BCUT2D eigenvalue weighted by Crippen LogP contribution is -2.23. The molecule has 17 heavy (non-hydrogen) atoms. The highest BCUT2D eigenvalue weighted by Gasteiger charge is 2.10. The van der Waals surface area contributed by atoms with Gasteiger partial charge in [-0.25, -0.2) is 0 Å². The number of anilines is 1. The number of hydrogen-bond donors (Lipinski definition) is 3. The Morgan fingerprint density at radius 2 is 1.94 bits per heavy atom. The first-order chi connectivity index (χ1) is 7.90. The quantitative estimate of drug-likeness (QED) is 0.780. The van der Waals surface area contributed by atoms with Gasteiger partial charge in [-0.05, 0) is 37.1 Å². The minimum Gasteiger partial charge on any atom is -0.481 e. The van der Waals surface area contributed by atoms with Crippen LogP contribution in [0.1, 0.15) is 17.5 Å². The molecule has 1 unspecified atom stereocenters. The van der Waals surface area contributed by atoms with Gasteiger partial charge in [0, 0.05) is 16.7 Å². The Morgan fingerprint density at radius 3 is 2.41 bits per heavy atom. The number of hydrogen-bond acceptors (Lipinski definition) is 3. The molecule has 0 fully saturated rings. The van der Waals surface area contributed by atoms with Gasteiger partial charge in [0.2, 0.25) is 0 Å². The third-order valence-corrected chi connectivity index (χ3v) is 2.88. The number of carbonyl (C=O) groups is 1. The topological polar surface area (TPSA) is 69.6 Å². The number of carboxylic acid groups (broad SMARTS) is 1. The van der Waals surface area contributed by atoms with E-state index in [4.69, 9.17) is 5.11 Å². The minimum absolute atomic E-state index is 0.232. The maximum Gasteiger partial charge on any atom is 0.306 e. The molecule has 1 atom stereocenters. The Balaban J connectivity index is 2.66. The van der Waals surface area contributed by atoms with E-state index >= 15 is 0 Å². The summed E-state index contributed by atoms with van der Waals surface area (Å²) in [5.74, 6) is -0.997. The Morgan fingerprint density at radius 1 is 1.41 bits per heavy atom. The number of aliphatic hydroxyl groups is 1. The second kappa shape index (κ2) is 6.02. The Labute approximate surface area is 109 Å². The second-order valence-electron chi connectivity index (χ2n) is 4.05. The lowest BCUT2D eigenvalue weighted by atomic mass is 10.1. The summed E-state index contributed by atoms with van der Waals surface area (Å²) in [6, 6.07) is 3.94. The van der Waals surface area contributed by atoms with Crippen molar-refractivity contribution < 1.29 is 15.0 Å². The van der Waals surface area contributed by atoms with Crippen LogP contribution in [0.15, 0.2) is 16.6 Å². The van der Waals surface area contributed by atoms with Gasteiger partial charge in [0.05, 0.1) is 12.5 Å². The number of halogens is 1. The first-order valence-corrected chi connectivity index (χ1v) is 6.10. The van der Waals surface area contributed by atoms with Crippen LogP contribution in [0.4, 0.5) is 5.69 Å². The molecule has 0 bridgehead atoms. The van der Waals surface area contributed by atoms with Crippen molar-refractivity contribution in [1.82, 2.24) is 0 Å².